The van der Waals surface area contributed by atoms with Crippen LogP contribution in [0.2, 0.25) is 0 Å². The van der Waals surface area contributed by atoms with Crippen molar-refractivity contribution in [3.8, 4) is 0 Å². The number of aromatic nitrogens is 3. The standard InChI is InChI=1S/C9H15N3O2/c1-6-3-4-8(14-6)9(13)7-5-12(2)11-10-7/h5-6,8-9,13H,3-4H2,1-2H3. The maximum atomic E-state index is 9.91. The molecule has 0 amide bonds. The van der Waals surface area contributed by atoms with Gasteiger partial charge in [0.25, 0.3) is 0 Å². The summed E-state index contributed by atoms with van der Waals surface area (Å²) >= 11 is 0. The van der Waals surface area contributed by atoms with E-state index in [0.717, 1.165) is 12.8 Å². The highest BCUT2D eigenvalue weighted by atomic mass is 16.5. The molecule has 0 aromatic carbocycles. The molecule has 78 valence electrons. The average molecular weight is 197 g/mol. The predicted molar refractivity (Wildman–Crippen MR) is 49.5 cm³/mol. The molecule has 14 heavy (non-hydrogen) atoms. The highest BCUT2D eigenvalue weighted by molar-refractivity contribution is 5.01. The van der Waals surface area contributed by atoms with Crippen LogP contribution in [0.25, 0.3) is 0 Å². The minimum absolute atomic E-state index is 0.123. The van der Waals surface area contributed by atoms with Gasteiger partial charge in [-0.2, -0.15) is 0 Å². The van der Waals surface area contributed by atoms with Crippen molar-refractivity contribution in [2.24, 2.45) is 7.05 Å². The molecule has 1 saturated heterocycles. The number of rotatable bonds is 2. The summed E-state index contributed by atoms with van der Waals surface area (Å²) < 4.78 is 7.14. The van der Waals surface area contributed by atoms with Crippen LogP contribution in [0.1, 0.15) is 31.6 Å². The quantitative estimate of drug-likeness (QED) is 0.746. The lowest BCUT2D eigenvalue weighted by Crippen LogP contribution is -2.18. The highest BCUT2D eigenvalue weighted by Crippen LogP contribution is 2.28. The molecular formula is C9H15N3O2. The SMILES string of the molecule is CC1CCC(C(O)c2cn(C)nn2)O1. The van der Waals surface area contributed by atoms with E-state index in [1.54, 1.807) is 17.9 Å². The Labute approximate surface area is 82.7 Å². The molecule has 0 aliphatic carbocycles. The van der Waals surface area contributed by atoms with Crippen molar-refractivity contribution in [3.63, 3.8) is 0 Å². The summed E-state index contributed by atoms with van der Waals surface area (Å²) in [6, 6.07) is 0. The van der Waals surface area contributed by atoms with Gasteiger partial charge in [-0.1, -0.05) is 5.21 Å². The first-order chi connectivity index (χ1) is 6.66. The van der Waals surface area contributed by atoms with E-state index in [0.29, 0.717) is 5.69 Å². The van der Waals surface area contributed by atoms with Gasteiger partial charge in [0, 0.05) is 7.05 Å². The van der Waals surface area contributed by atoms with Gasteiger partial charge < -0.3 is 9.84 Å². The van der Waals surface area contributed by atoms with Crippen LogP contribution in [0, 0.1) is 0 Å². The van der Waals surface area contributed by atoms with Crippen LogP contribution >= 0.6 is 0 Å². The summed E-state index contributed by atoms with van der Waals surface area (Å²) in [5, 5.41) is 17.6. The number of nitrogens with zero attached hydrogens (tertiary/aromatic N) is 3. The largest absolute Gasteiger partial charge is 0.384 e. The van der Waals surface area contributed by atoms with Crippen molar-refractivity contribution >= 4 is 0 Å². The summed E-state index contributed by atoms with van der Waals surface area (Å²) in [6.07, 6.45) is 3.08. The Bertz CT molecular complexity index is 313. The lowest BCUT2D eigenvalue weighted by Gasteiger charge is -2.15. The van der Waals surface area contributed by atoms with Crippen molar-refractivity contribution in [1.29, 1.82) is 0 Å². The number of ether oxygens (including phenoxy) is 1. The van der Waals surface area contributed by atoms with Gasteiger partial charge in [-0.15, -0.1) is 5.10 Å². The van der Waals surface area contributed by atoms with Crippen molar-refractivity contribution in [1.82, 2.24) is 15.0 Å². The average Bonchev–Trinajstić information content (AvgIpc) is 2.73. The number of aliphatic hydroxyl groups is 1. The third kappa shape index (κ3) is 1.78. The van der Waals surface area contributed by atoms with Crippen LogP contribution in [0.5, 0.6) is 0 Å². The van der Waals surface area contributed by atoms with Crippen LogP contribution in [-0.2, 0) is 11.8 Å². The fraction of sp³-hybridized carbons (Fsp3) is 0.778. The lowest BCUT2D eigenvalue weighted by atomic mass is 10.1. The van der Waals surface area contributed by atoms with Crippen LogP contribution in [-0.4, -0.2) is 32.3 Å². The maximum absolute atomic E-state index is 9.91. The fourth-order valence-electron chi connectivity index (χ4n) is 1.76. The van der Waals surface area contributed by atoms with E-state index in [-0.39, 0.29) is 12.2 Å². The molecule has 0 spiro atoms. The van der Waals surface area contributed by atoms with Gasteiger partial charge in [0.05, 0.1) is 18.4 Å². The Balaban J connectivity index is 2.05. The van der Waals surface area contributed by atoms with E-state index >= 15 is 0 Å². The third-order valence-corrected chi connectivity index (χ3v) is 2.54. The summed E-state index contributed by atoms with van der Waals surface area (Å²) in [5.74, 6) is 0. The molecule has 1 aromatic heterocycles. The zero-order valence-electron chi connectivity index (χ0n) is 8.42. The van der Waals surface area contributed by atoms with Gasteiger partial charge in [-0.25, -0.2) is 0 Å². The van der Waals surface area contributed by atoms with E-state index in [1.807, 2.05) is 6.92 Å². The Morgan fingerprint density at radius 1 is 1.64 bits per heavy atom. The second-order valence-electron chi connectivity index (χ2n) is 3.82. The van der Waals surface area contributed by atoms with Crippen LogP contribution in [0.15, 0.2) is 6.20 Å². The van der Waals surface area contributed by atoms with Crippen LogP contribution in [0.4, 0.5) is 0 Å². The molecule has 0 radical (unpaired) electrons. The number of aryl methyl sites for hydroxylation is 1. The summed E-state index contributed by atoms with van der Waals surface area (Å²) in [6.45, 7) is 2.02. The van der Waals surface area contributed by atoms with E-state index < -0.39 is 6.10 Å². The molecule has 0 bridgehead atoms. The maximum Gasteiger partial charge on any atom is 0.125 e. The molecule has 2 rings (SSSR count). The predicted octanol–water partition coefficient (Wildman–Crippen LogP) is 0.416. The fourth-order valence-corrected chi connectivity index (χ4v) is 1.76. The zero-order valence-corrected chi connectivity index (χ0v) is 8.42. The first-order valence-electron chi connectivity index (χ1n) is 4.86. The second kappa shape index (κ2) is 3.67. The summed E-state index contributed by atoms with van der Waals surface area (Å²) in [7, 11) is 1.78. The van der Waals surface area contributed by atoms with Gasteiger partial charge in [0.2, 0.25) is 0 Å². The molecule has 2 heterocycles. The Morgan fingerprint density at radius 2 is 2.43 bits per heavy atom. The normalized spacial score (nSPS) is 29.4. The molecule has 1 aliphatic rings. The first kappa shape index (κ1) is 9.61. The van der Waals surface area contributed by atoms with Crippen molar-refractivity contribution in [2.45, 2.75) is 38.1 Å². The monoisotopic (exact) mass is 197 g/mol. The molecule has 3 atom stereocenters. The van der Waals surface area contributed by atoms with Crippen LogP contribution in [0.3, 0.4) is 0 Å². The molecule has 1 fully saturated rings. The van der Waals surface area contributed by atoms with E-state index in [4.69, 9.17) is 4.74 Å². The zero-order chi connectivity index (χ0) is 10.1. The van der Waals surface area contributed by atoms with Gasteiger partial charge >= 0.3 is 0 Å². The molecule has 1 aromatic rings. The molecule has 5 nitrogen and oxygen atoms in total. The smallest absolute Gasteiger partial charge is 0.125 e. The Hall–Kier alpha value is -0.940. The molecule has 5 heteroatoms. The molecule has 1 N–H and O–H groups in total. The summed E-state index contributed by atoms with van der Waals surface area (Å²) in [5.41, 5.74) is 0.589. The van der Waals surface area contributed by atoms with Gasteiger partial charge in [0.15, 0.2) is 0 Å². The Kier molecular flexibility index (Phi) is 2.52. The van der Waals surface area contributed by atoms with Gasteiger partial charge in [0.1, 0.15) is 11.8 Å². The lowest BCUT2D eigenvalue weighted by molar-refractivity contribution is -0.0314. The van der Waals surface area contributed by atoms with Crippen molar-refractivity contribution < 1.29 is 9.84 Å². The minimum Gasteiger partial charge on any atom is -0.384 e. The van der Waals surface area contributed by atoms with E-state index in [1.165, 1.54) is 0 Å². The molecular weight excluding hydrogens is 182 g/mol. The second-order valence-corrected chi connectivity index (χ2v) is 3.82. The van der Waals surface area contributed by atoms with Gasteiger partial charge in [-0.05, 0) is 19.8 Å². The first-order valence-corrected chi connectivity index (χ1v) is 4.86. The minimum atomic E-state index is -0.645. The molecule has 1 aliphatic heterocycles. The highest BCUT2D eigenvalue weighted by Gasteiger charge is 2.30. The summed E-state index contributed by atoms with van der Waals surface area (Å²) in [4.78, 5) is 0. The number of aliphatic hydroxyl groups excluding tert-OH is 1. The van der Waals surface area contributed by atoms with Crippen molar-refractivity contribution in [2.75, 3.05) is 0 Å². The van der Waals surface area contributed by atoms with Gasteiger partial charge in [-0.3, -0.25) is 4.68 Å². The van der Waals surface area contributed by atoms with Crippen LogP contribution < -0.4 is 0 Å². The molecule has 0 saturated carbocycles. The molecule has 3 unspecified atom stereocenters. The van der Waals surface area contributed by atoms with E-state index in [2.05, 4.69) is 10.3 Å². The number of hydrogen-bond acceptors (Lipinski definition) is 4. The van der Waals surface area contributed by atoms with Crippen molar-refractivity contribution in [3.05, 3.63) is 11.9 Å². The topological polar surface area (TPSA) is 60.2 Å². The third-order valence-electron chi connectivity index (χ3n) is 2.54. The Morgan fingerprint density at radius 3 is 2.93 bits per heavy atom. The van der Waals surface area contributed by atoms with E-state index in [9.17, 15) is 5.11 Å². The number of hydrogen-bond donors (Lipinski definition) is 1.